The molecule has 0 fully saturated rings. The standard InChI is InChI=1S/C25H31ClN4O3/c1-4-27-23-22(24(32)28-14-5-15-31)30(16-18-6-10-20(26)11-7-18)25(29-23)33-21-12-8-19(9-13-21)17(2)3/h6-13,17,27,31H,4-5,14-16H2,1-3H3,(H,28,32). The Kier molecular flexibility index (Phi) is 8.74. The second-order valence-electron chi connectivity index (χ2n) is 7.99. The third-order valence-corrected chi connectivity index (χ3v) is 5.37. The van der Waals surface area contributed by atoms with Gasteiger partial charge in [0, 0.05) is 24.7 Å². The van der Waals surface area contributed by atoms with E-state index < -0.39 is 0 Å². The highest BCUT2D eigenvalue weighted by Gasteiger charge is 2.24. The molecular formula is C25H31ClN4O3. The van der Waals surface area contributed by atoms with Crippen LogP contribution in [0.3, 0.4) is 0 Å². The molecule has 1 heterocycles. The number of aromatic nitrogens is 2. The molecule has 0 aliphatic carbocycles. The van der Waals surface area contributed by atoms with Crippen LogP contribution in [0.2, 0.25) is 5.02 Å². The first-order valence-electron chi connectivity index (χ1n) is 11.2. The van der Waals surface area contributed by atoms with Crippen LogP contribution >= 0.6 is 11.6 Å². The molecule has 0 radical (unpaired) electrons. The van der Waals surface area contributed by atoms with Crippen LogP contribution in [-0.2, 0) is 6.54 Å². The van der Waals surface area contributed by atoms with E-state index in [2.05, 4.69) is 29.5 Å². The number of halogens is 1. The summed E-state index contributed by atoms with van der Waals surface area (Å²) in [5, 5.41) is 15.7. The minimum Gasteiger partial charge on any atom is -0.425 e. The van der Waals surface area contributed by atoms with Gasteiger partial charge in [0.05, 0.1) is 6.54 Å². The highest BCUT2D eigenvalue weighted by atomic mass is 35.5. The number of carbonyl (C=O) groups excluding carboxylic acids is 1. The van der Waals surface area contributed by atoms with Crippen molar-refractivity contribution >= 4 is 23.3 Å². The number of carbonyl (C=O) groups is 1. The summed E-state index contributed by atoms with van der Waals surface area (Å²) in [5.41, 5.74) is 2.53. The summed E-state index contributed by atoms with van der Waals surface area (Å²) in [4.78, 5) is 17.7. The van der Waals surface area contributed by atoms with Crippen LogP contribution < -0.4 is 15.4 Å². The molecule has 0 aliphatic heterocycles. The van der Waals surface area contributed by atoms with E-state index in [9.17, 15) is 4.79 Å². The number of amides is 1. The largest absolute Gasteiger partial charge is 0.425 e. The first-order valence-corrected chi connectivity index (χ1v) is 11.6. The lowest BCUT2D eigenvalue weighted by molar-refractivity contribution is 0.0942. The van der Waals surface area contributed by atoms with E-state index in [0.717, 1.165) is 5.56 Å². The van der Waals surface area contributed by atoms with Crippen molar-refractivity contribution in [3.8, 4) is 11.8 Å². The molecule has 0 bridgehead atoms. The number of rotatable bonds is 11. The molecule has 0 saturated heterocycles. The molecule has 7 nitrogen and oxygen atoms in total. The summed E-state index contributed by atoms with van der Waals surface area (Å²) in [5.74, 6) is 1.21. The SMILES string of the molecule is CCNc1nc(Oc2ccc(C(C)C)cc2)n(Cc2ccc(Cl)cc2)c1C(=O)NCCCO. The van der Waals surface area contributed by atoms with Gasteiger partial charge in [-0.2, -0.15) is 4.98 Å². The van der Waals surface area contributed by atoms with Gasteiger partial charge in [0.1, 0.15) is 5.75 Å². The van der Waals surface area contributed by atoms with Crippen molar-refractivity contribution in [2.75, 3.05) is 25.0 Å². The Hall–Kier alpha value is -3.03. The fourth-order valence-electron chi connectivity index (χ4n) is 3.34. The zero-order chi connectivity index (χ0) is 23.8. The molecule has 2 aromatic carbocycles. The van der Waals surface area contributed by atoms with Crippen molar-refractivity contribution in [3.05, 3.63) is 70.4 Å². The van der Waals surface area contributed by atoms with Crippen LogP contribution in [-0.4, -0.2) is 40.3 Å². The minimum atomic E-state index is -0.286. The molecular weight excluding hydrogens is 440 g/mol. The lowest BCUT2D eigenvalue weighted by atomic mass is 10.0. The second kappa shape index (κ2) is 11.7. The Bertz CT molecular complexity index is 1050. The van der Waals surface area contributed by atoms with Crippen LogP contribution in [0.4, 0.5) is 5.82 Å². The number of nitrogens with one attached hydrogen (secondary N) is 2. The Morgan fingerprint density at radius 3 is 2.45 bits per heavy atom. The van der Waals surface area contributed by atoms with Gasteiger partial charge in [0.15, 0.2) is 11.5 Å². The van der Waals surface area contributed by atoms with Crippen molar-refractivity contribution in [3.63, 3.8) is 0 Å². The van der Waals surface area contributed by atoms with Crippen LogP contribution in [0.15, 0.2) is 48.5 Å². The molecule has 3 rings (SSSR count). The normalized spacial score (nSPS) is 11.0. The maximum Gasteiger partial charge on any atom is 0.304 e. The summed E-state index contributed by atoms with van der Waals surface area (Å²) in [7, 11) is 0. The summed E-state index contributed by atoms with van der Waals surface area (Å²) in [6.45, 7) is 7.55. The molecule has 8 heteroatoms. The van der Waals surface area contributed by atoms with Gasteiger partial charge in [-0.3, -0.25) is 9.36 Å². The summed E-state index contributed by atoms with van der Waals surface area (Å²) >= 11 is 6.05. The lowest BCUT2D eigenvalue weighted by Crippen LogP contribution is -2.28. The first-order chi connectivity index (χ1) is 15.9. The molecule has 176 valence electrons. The number of ether oxygens (including phenoxy) is 1. The van der Waals surface area contributed by atoms with Gasteiger partial charge >= 0.3 is 6.01 Å². The van der Waals surface area contributed by atoms with Crippen LogP contribution in [0.1, 0.15) is 54.7 Å². The number of aliphatic hydroxyl groups excluding tert-OH is 1. The van der Waals surface area contributed by atoms with Crippen molar-refractivity contribution < 1.29 is 14.6 Å². The van der Waals surface area contributed by atoms with Crippen LogP contribution in [0.5, 0.6) is 11.8 Å². The van der Waals surface area contributed by atoms with Crippen molar-refractivity contribution in [2.24, 2.45) is 0 Å². The number of aliphatic hydroxyl groups is 1. The van der Waals surface area contributed by atoms with E-state index in [1.165, 1.54) is 5.56 Å². The van der Waals surface area contributed by atoms with Crippen LogP contribution in [0.25, 0.3) is 0 Å². The lowest BCUT2D eigenvalue weighted by Gasteiger charge is -2.14. The number of imidazole rings is 1. The highest BCUT2D eigenvalue weighted by Crippen LogP contribution is 2.29. The predicted octanol–water partition coefficient (Wildman–Crippen LogP) is 5.04. The van der Waals surface area contributed by atoms with Gasteiger partial charge in [0.2, 0.25) is 0 Å². The summed E-state index contributed by atoms with van der Waals surface area (Å²) in [6.07, 6.45) is 0.471. The van der Waals surface area contributed by atoms with Crippen LogP contribution in [0, 0.1) is 0 Å². The van der Waals surface area contributed by atoms with Gasteiger partial charge in [-0.05, 0) is 54.7 Å². The van der Waals surface area contributed by atoms with Crippen molar-refractivity contribution in [2.45, 2.75) is 39.7 Å². The van der Waals surface area contributed by atoms with Crippen molar-refractivity contribution in [1.29, 1.82) is 0 Å². The Morgan fingerprint density at radius 2 is 1.85 bits per heavy atom. The van der Waals surface area contributed by atoms with Gasteiger partial charge in [-0.1, -0.05) is 49.7 Å². The summed E-state index contributed by atoms with van der Waals surface area (Å²) < 4.78 is 7.91. The molecule has 1 amide bonds. The fourth-order valence-corrected chi connectivity index (χ4v) is 3.47. The molecule has 3 N–H and O–H groups in total. The Labute approximate surface area is 199 Å². The summed E-state index contributed by atoms with van der Waals surface area (Å²) in [6, 6.07) is 15.6. The number of anilines is 1. The van der Waals surface area contributed by atoms with Gasteiger partial charge in [-0.25, -0.2) is 0 Å². The number of hydrogen-bond donors (Lipinski definition) is 3. The average molecular weight is 471 g/mol. The monoisotopic (exact) mass is 470 g/mol. The molecule has 33 heavy (non-hydrogen) atoms. The fraction of sp³-hybridized carbons (Fsp3) is 0.360. The molecule has 0 unspecified atom stereocenters. The molecule has 0 atom stereocenters. The molecule has 0 saturated carbocycles. The molecule has 1 aromatic heterocycles. The van der Waals surface area contributed by atoms with E-state index in [-0.39, 0.29) is 12.5 Å². The number of benzene rings is 2. The van der Waals surface area contributed by atoms with Gasteiger partial charge in [0.25, 0.3) is 5.91 Å². The molecule has 0 spiro atoms. The van der Waals surface area contributed by atoms with E-state index in [1.807, 2.05) is 55.5 Å². The minimum absolute atomic E-state index is 0.00508. The van der Waals surface area contributed by atoms with E-state index in [4.69, 9.17) is 21.4 Å². The van der Waals surface area contributed by atoms with Gasteiger partial charge < -0.3 is 20.5 Å². The smallest absolute Gasteiger partial charge is 0.304 e. The Morgan fingerprint density at radius 1 is 1.15 bits per heavy atom. The predicted molar refractivity (Wildman–Crippen MR) is 132 cm³/mol. The molecule has 0 aliphatic rings. The van der Waals surface area contributed by atoms with E-state index in [0.29, 0.717) is 60.3 Å². The maximum atomic E-state index is 13.1. The van der Waals surface area contributed by atoms with Gasteiger partial charge in [-0.15, -0.1) is 0 Å². The van der Waals surface area contributed by atoms with Crippen molar-refractivity contribution in [1.82, 2.24) is 14.9 Å². The highest BCUT2D eigenvalue weighted by molar-refractivity contribution is 6.30. The number of nitrogens with zero attached hydrogens (tertiary/aromatic N) is 2. The quantitative estimate of drug-likeness (QED) is 0.341. The maximum absolute atomic E-state index is 13.1. The third-order valence-electron chi connectivity index (χ3n) is 5.12. The topological polar surface area (TPSA) is 88.4 Å². The second-order valence-corrected chi connectivity index (χ2v) is 8.43. The first kappa shape index (κ1) is 24.6. The average Bonchev–Trinajstić information content (AvgIpc) is 3.12. The zero-order valence-electron chi connectivity index (χ0n) is 19.3. The third kappa shape index (κ3) is 6.49. The molecule has 3 aromatic rings. The number of hydrogen-bond acceptors (Lipinski definition) is 5. The zero-order valence-corrected chi connectivity index (χ0v) is 20.0. The Balaban J connectivity index is 2.00. The van der Waals surface area contributed by atoms with E-state index in [1.54, 1.807) is 4.57 Å². The van der Waals surface area contributed by atoms with E-state index >= 15 is 0 Å².